The van der Waals surface area contributed by atoms with Crippen LogP contribution in [-0.2, 0) is 13.1 Å². The molecule has 1 N–H and O–H groups in total. The van der Waals surface area contributed by atoms with Gasteiger partial charge in [-0.1, -0.05) is 17.7 Å². The highest BCUT2D eigenvalue weighted by Crippen LogP contribution is 2.38. The molecule has 2 aromatic carbocycles. The fourth-order valence-electron chi connectivity index (χ4n) is 4.09. The summed E-state index contributed by atoms with van der Waals surface area (Å²) in [4.78, 5) is 13.2. The minimum absolute atomic E-state index is 0.0128. The van der Waals surface area contributed by atoms with Crippen molar-refractivity contribution < 1.29 is 14.8 Å². The zero-order chi connectivity index (χ0) is 21.3. The van der Waals surface area contributed by atoms with Crippen molar-refractivity contribution in [3.63, 3.8) is 0 Å². The molecule has 0 radical (unpaired) electrons. The smallest absolute Gasteiger partial charge is 0.269 e. The quantitative estimate of drug-likeness (QED) is 0.469. The van der Waals surface area contributed by atoms with Crippen molar-refractivity contribution in [2.75, 3.05) is 13.7 Å². The van der Waals surface area contributed by atoms with Gasteiger partial charge in [0.25, 0.3) is 5.69 Å². The van der Waals surface area contributed by atoms with E-state index in [4.69, 9.17) is 16.3 Å². The van der Waals surface area contributed by atoms with Gasteiger partial charge in [-0.25, -0.2) is 0 Å². The molecule has 0 bridgehead atoms. The van der Waals surface area contributed by atoms with Gasteiger partial charge in [0.15, 0.2) is 11.5 Å². The van der Waals surface area contributed by atoms with Gasteiger partial charge in [-0.15, -0.1) is 0 Å². The number of aromatic nitrogens is 1. The topological polar surface area (TPSA) is 80.8 Å². The van der Waals surface area contributed by atoms with Crippen LogP contribution in [0.25, 0.3) is 0 Å². The summed E-state index contributed by atoms with van der Waals surface area (Å²) in [7, 11) is 1.51. The van der Waals surface area contributed by atoms with Crippen LogP contribution in [-0.4, -0.2) is 33.2 Å². The minimum atomic E-state index is -0.401. The molecule has 1 unspecified atom stereocenters. The molecular weight excluding hydrogens is 406 g/mol. The molecule has 0 saturated heterocycles. The second kappa shape index (κ2) is 8.38. The number of hydrogen-bond donors (Lipinski definition) is 1. The highest BCUT2D eigenvalue weighted by atomic mass is 35.5. The van der Waals surface area contributed by atoms with E-state index in [1.807, 2.05) is 24.4 Å². The van der Waals surface area contributed by atoms with Crippen LogP contribution < -0.4 is 4.74 Å². The van der Waals surface area contributed by atoms with E-state index >= 15 is 0 Å². The fraction of sp³-hybridized carbons (Fsp3) is 0.273. The van der Waals surface area contributed by atoms with E-state index in [2.05, 4.69) is 9.47 Å². The number of benzene rings is 2. The molecule has 0 fully saturated rings. The molecule has 8 heteroatoms. The second-order valence-electron chi connectivity index (χ2n) is 7.32. The number of nitro benzene ring substituents is 1. The largest absolute Gasteiger partial charge is 0.504 e. The van der Waals surface area contributed by atoms with Gasteiger partial charge < -0.3 is 14.4 Å². The fourth-order valence-corrected chi connectivity index (χ4v) is 4.31. The van der Waals surface area contributed by atoms with Crippen LogP contribution in [0.4, 0.5) is 5.69 Å². The van der Waals surface area contributed by atoms with Gasteiger partial charge in [-0.05, 0) is 42.3 Å². The van der Waals surface area contributed by atoms with E-state index in [9.17, 15) is 15.2 Å². The van der Waals surface area contributed by atoms with Crippen molar-refractivity contribution in [3.8, 4) is 11.5 Å². The van der Waals surface area contributed by atoms with Gasteiger partial charge >= 0.3 is 0 Å². The molecule has 3 aromatic rings. The Hall–Kier alpha value is -3.03. The number of aryl methyl sites for hydroxylation is 1. The van der Waals surface area contributed by atoms with Crippen molar-refractivity contribution in [2.45, 2.75) is 25.6 Å². The number of ether oxygens (including phenoxy) is 1. The lowest BCUT2D eigenvalue weighted by molar-refractivity contribution is -0.384. The lowest BCUT2D eigenvalue weighted by atomic mass is 10.00. The summed E-state index contributed by atoms with van der Waals surface area (Å²) in [6.07, 6.45) is 2.95. The maximum atomic E-state index is 11.4. The molecule has 7 nitrogen and oxygen atoms in total. The van der Waals surface area contributed by atoms with E-state index in [-0.39, 0.29) is 17.5 Å². The van der Waals surface area contributed by atoms with Crippen LogP contribution in [0.3, 0.4) is 0 Å². The Balaban J connectivity index is 1.78. The number of aromatic hydroxyl groups is 1. The molecule has 0 aliphatic carbocycles. The summed E-state index contributed by atoms with van der Waals surface area (Å²) in [6, 6.07) is 13.7. The Morgan fingerprint density at radius 2 is 2.07 bits per heavy atom. The first-order valence-electron chi connectivity index (χ1n) is 9.66. The minimum Gasteiger partial charge on any atom is -0.504 e. The molecule has 1 atom stereocenters. The van der Waals surface area contributed by atoms with E-state index in [0.29, 0.717) is 22.9 Å². The lowest BCUT2D eigenvalue weighted by Crippen LogP contribution is -2.29. The van der Waals surface area contributed by atoms with Crippen LogP contribution in [0.1, 0.15) is 29.3 Å². The van der Waals surface area contributed by atoms with Gasteiger partial charge in [0, 0.05) is 54.2 Å². The van der Waals surface area contributed by atoms with Crippen LogP contribution in [0.2, 0.25) is 5.02 Å². The summed E-state index contributed by atoms with van der Waals surface area (Å²) >= 11 is 6.54. The van der Waals surface area contributed by atoms with E-state index in [1.54, 1.807) is 24.3 Å². The van der Waals surface area contributed by atoms with Gasteiger partial charge in [-0.3, -0.25) is 15.0 Å². The standard InChI is InChI=1S/C22H22ClN3O4/c1-30-21-8-5-15(12-20(21)27)14-25-11-3-10-24-9-2-4-19(24)22(25)17-13-16(26(28)29)6-7-18(17)23/h2,4-9,12-13,22,27H,3,10-11,14H2,1H3. The van der Waals surface area contributed by atoms with E-state index in [0.717, 1.165) is 30.8 Å². The first-order valence-corrected chi connectivity index (χ1v) is 10.0. The number of methoxy groups -OCH3 is 1. The molecular formula is C22H22ClN3O4. The van der Waals surface area contributed by atoms with E-state index < -0.39 is 4.92 Å². The number of hydrogen-bond acceptors (Lipinski definition) is 5. The van der Waals surface area contributed by atoms with Crippen molar-refractivity contribution in [2.24, 2.45) is 0 Å². The number of phenolic OH excluding ortho intramolecular Hbond substituents is 1. The van der Waals surface area contributed by atoms with Gasteiger partial charge in [0.05, 0.1) is 18.1 Å². The van der Waals surface area contributed by atoms with Crippen molar-refractivity contribution in [1.29, 1.82) is 0 Å². The molecule has 4 rings (SSSR count). The van der Waals surface area contributed by atoms with Crippen LogP contribution in [0, 0.1) is 10.1 Å². The Kier molecular flexibility index (Phi) is 5.65. The average molecular weight is 428 g/mol. The summed E-state index contributed by atoms with van der Waals surface area (Å²) in [5, 5.41) is 22.1. The lowest BCUT2D eigenvalue weighted by Gasteiger charge is -2.31. The molecule has 1 aliphatic rings. The van der Waals surface area contributed by atoms with Gasteiger partial charge in [0.1, 0.15) is 0 Å². The Labute approximate surface area is 179 Å². The maximum Gasteiger partial charge on any atom is 0.269 e. The Bertz CT molecular complexity index is 1080. The van der Waals surface area contributed by atoms with Crippen molar-refractivity contribution >= 4 is 17.3 Å². The zero-order valence-electron chi connectivity index (χ0n) is 16.5. The predicted molar refractivity (Wildman–Crippen MR) is 114 cm³/mol. The molecule has 0 saturated carbocycles. The second-order valence-corrected chi connectivity index (χ2v) is 7.73. The normalized spacial score (nSPS) is 16.7. The number of nitrogens with zero attached hydrogens (tertiary/aromatic N) is 3. The van der Waals surface area contributed by atoms with Gasteiger partial charge in [0.2, 0.25) is 0 Å². The number of non-ortho nitro benzene ring substituents is 1. The molecule has 1 aromatic heterocycles. The monoisotopic (exact) mass is 427 g/mol. The van der Waals surface area contributed by atoms with Crippen LogP contribution in [0.15, 0.2) is 54.7 Å². The number of fused-ring (bicyclic) bond motifs is 1. The van der Waals surface area contributed by atoms with E-state index in [1.165, 1.54) is 13.2 Å². The SMILES string of the molecule is COc1ccc(CN2CCCn3cccc3C2c2cc([N+](=O)[O-])ccc2Cl)cc1O. The summed E-state index contributed by atoms with van der Waals surface area (Å²) in [6.45, 7) is 2.18. The first kappa shape index (κ1) is 20.3. The molecule has 2 heterocycles. The Morgan fingerprint density at radius 3 is 2.80 bits per heavy atom. The number of nitro groups is 1. The highest BCUT2D eigenvalue weighted by molar-refractivity contribution is 6.31. The third-order valence-electron chi connectivity index (χ3n) is 5.47. The van der Waals surface area contributed by atoms with Crippen molar-refractivity contribution in [1.82, 2.24) is 9.47 Å². The third-order valence-corrected chi connectivity index (χ3v) is 5.81. The zero-order valence-corrected chi connectivity index (χ0v) is 17.2. The average Bonchev–Trinajstić information content (AvgIpc) is 3.11. The van der Waals surface area contributed by atoms with Crippen molar-refractivity contribution in [3.05, 3.63) is 86.7 Å². The van der Waals surface area contributed by atoms with Crippen LogP contribution >= 0.6 is 11.6 Å². The number of phenols is 1. The van der Waals surface area contributed by atoms with Crippen LogP contribution in [0.5, 0.6) is 11.5 Å². The summed E-state index contributed by atoms with van der Waals surface area (Å²) in [5.74, 6) is 0.500. The third kappa shape index (κ3) is 3.86. The molecule has 0 spiro atoms. The molecule has 156 valence electrons. The number of halogens is 1. The predicted octanol–water partition coefficient (Wildman–Crippen LogP) is 4.76. The molecule has 1 aliphatic heterocycles. The molecule has 30 heavy (non-hydrogen) atoms. The molecule has 0 amide bonds. The summed E-state index contributed by atoms with van der Waals surface area (Å²) < 4.78 is 7.31. The highest BCUT2D eigenvalue weighted by Gasteiger charge is 2.30. The van der Waals surface area contributed by atoms with Gasteiger partial charge in [-0.2, -0.15) is 0 Å². The number of rotatable bonds is 5. The Morgan fingerprint density at radius 1 is 1.23 bits per heavy atom. The first-order chi connectivity index (χ1) is 14.5. The maximum absolute atomic E-state index is 11.4. The summed E-state index contributed by atoms with van der Waals surface area (Å²) in [5.41, 5.74) is 2.66.